The molecule has 0 aliphatic carbocycles. The van der Waals surface area contributed by atoms with E-state index < -0.39 is 17.0 Å². The SMILES string of the molecule is COC(=O)c1ccc(CNC(C)(C)C(=O)Nc2ccc(SC(F)(F)F)cc2)o1. The summed E-state index contributed by atoms with van der Waals surface area (Å²) in [6.07, 6.45) is 0. The molecule has 28 heavy (non-hydrogen) atoms. The van der Waals surface area contributed by atoms with Gasteiger partial charge < -0.3 is 14.5 Å². The third-order valence-electron chi connectivity index (χ3n) is 3.67. The van der Waals surface area contributed by atoms with Crippen LogP contribution < -0.4 is 10.6 Å². The topological polar surface area (TPSA) is 80.6 Å². The number of alkyl halides is 3. The van der Waals surface area contributed by atoms with Crippen LogP contribution in [0, 0.1) is 0 Å². The molecule has 2 rings (SSSR count). The number of anilines is 1. The Hall–Kier alpha value is -2.46. The molecule has 0 unspecified atom stereocenters. The van der Waals surface area contributed by atoms with Crippen LogP contribution in [0.2, 0.25) is 0 Å². The first-order valence-corrected chi connectivity index (χ1v) is 8.91. The second-order valence-corrected chi connectivity index (χ2v) is 7.40. The number of carbonyl (C=O) groups is 2. The fourth-order valence-corrected chi connectivity index (χ4v) is 2.64. The minimum Gasteiger partial charge on any atom is -0.463 e. The van der Waals surface area contributed by atoms with Crippen molar-refractivity contribution in [3.63, 3.8) is 0 Å². The van der Waals surface area contributed by atoms with Crippen LogP contribution in [0.25, 0.3) is 0 Å². The summed E-state index contributed by atoms with van der Waals surface area (Å²) in [6.45, 7) is 3.46. The van der Waals surface area contributed by atoms with Crippen molar-refractivity contribution < 1.29 is 31.9 Å². The minimum atomic E-state index is -4.36. The largest absolute Gasteiger partial charge is 0.463 e. The Morgan fingerprint density at radius 1 is 1.11 bits per heavy atom. The number of benzene rings is 1. The van der Waals surface area contributed by atoms with E-state index in [-0.39, 0.29) is 34.9 Å². The number of halogens is 3. The average Bonchev–Trinajstić information content (AvgIpc) is 3.09. The highest BCUT2D eigenvalue weighted by Crippen LogP contribution is 2.37. The zero-order chi connectivity index (χ0) is 20.9. The fraction of sp³-hybridized carbons (Fsp3) is 0.333. The maximum Gasteiger partial charge on any atom is 0.446 e. The van der Waals surface area contributed by atoms with Gasteiger partial charge in [0.1, 0.15) is 5.76 Å². The van der Waals surface area contributed by atoms with Gasteiger partial charge in [0, 0.05) is 10.6 Å². The molecule has 0 aliphatic rings. The van der Waals surface area contributed by atoms with Gasteiger partial charge in [0.15, 0.2) is 0 Å². The van der Waals surface area contributed by atoms with Crippen LogP contribution in [0.3, 0.4) is 0 Å². The standard InChI is InChI=1S/C18H19F3N2O4S/c1-17(2,22-10-12-6-9-14(27-12)15(24)26-3)16(25)23-11-4-7-13(8-5-11)28-18(19,20)21/h4-9,22H,10H2,1-3H3,(H,23,25). The van der Waals surface area contributed by atoms with Crippen molar-refractivity contribution in [2.45, 2.75) is 36.3 Å². The van der Waals surface area contributed by atoms with Gasteiger partial charge in [0.05, 0.1) is 19.2 Å². The molecule has 1 amide bonds. The van der Waals surface area contributed by atoms with Gasteiger partial charge in [0.2, 0.25) is 11.7 Å². The summed E-state index contributed by atoms with van der Waals surface area (Å²) < 4.78 is 46.9. The van der Waals surface area contributed by atoms with E-state index in [1.807, 2.05) is 0 Å². The molecule has 0 saturated carbocycles. The van der Waals surface area contributed by atoms with Gasteiger partial charge in [-0.05, 0) is 62.0 Å². The van der Waals surface area contributed by atoms with Crippen LogP contribution >= 0.6 is 11.8 Å². The van der Waals surface area contributed by atoms with Gasteiger partial charge in [-0.2, -0.15) is 13.2 Å². The maximum atomic E-state index is 12.5. The number of nitrogens with one attached hydrogen (secondary N) is 2. The summed E-state index contributed by atoms with van der Waals surface area (Å²) in [5.74, 6) is -0.493. The quantitative estimate of drug-likeness (QED) is 0.521. The predicted molar refractivity (Wildman–Crippen MR) is 97.9 cm³/mol. The molecule has 0 fully saturated rings. The Kier molecular flexibility index (Phi) is 6.78. The molecule has 0 bridgehead atoms. The van der Waals surface area contributed by atoms with E-state index >= 15 is 0 Å². The molecular weight excluding hydrogens is 397 g/mol. The average molecular weight is 416 g/mol. The van der Waals surface area contributed by atoms with Gasteiger partial charge in [-0.3, -0.25) is 10.1 Å². The Labute approximate surface area is 163 Å². The van der Waals surface area contributed by atoms with Crippen LogP contribution in [0.4, 0.5) is 18.9 Å². The second kappa shape index (κ2) is 8.70. The third kappa shape index (κ3) is 6.31. The van der Waals surface area contributed by atoms with Crippen molar-refractivity contribution >= 4 is 29.3 Å². The van der Waals surface area contributed by atoms with Crippen molar-refractivity contribution in [1.29, 1.82) is 0 Å². The number of thioether (sulfide) groups is 1. The highest BCUT2D eigenvalue weighted by atomic mass is 32.2. The molecule has 2 N–H and O–H groups in total. The van der Waals surface area contributed by atoms with E-state index in [4.69, 9.17) is 4.42 Å². The number of hydrogen-bond donors (Lipinski definition) is 2. The van der Waals surface area contributed by atoms with Crippen LogP contribution in [0.1, 0.15) is 30.2 Å². The van der Waals surface area contributed by atoms with E-state index in [1.54, 1.807) is 19.9 Å². The summed E-state index contributed by atoms with van der Waals surface area (Å²) in [4.78, 5) is 23.9. The lowest BCUT2D eigenvalue weighted by Gasteiger charge is -2.24. The van der Waals surface area contributed by atoms with Crippen molar-refractivity contribution in [3.8, 4) is 0 Å². The molecule has 1 aromatic heterocycles. The Balaban J connectivity index is 1.93. The van der Waals surface area contributed by atoms with Crippen molar-refractivity contribution in [3.05, 3.63) is 47.9 Å². The lowest BCUT2D eigenvalue weighted by atomic mass is 10.0. The van der Waals surface area contributed by atoms with Gasteiger partial charge in [-0.15, -0.1) is 0 Å². The van der Waals surface area contributed by atoms with E-state index in [0.717, 1.165) is 0 Å². The molecule has 0 spiro atoms. The molecule has 10 heteroatoms. The summed E-state index contributed by atoms with van der Waals surface area (Å²) >= 11 is -0.223. The van der Waals surface area contributed by atoms with Crippen LogP contribution in [-0.4, -0.2) is 30.0 Å². The molecule has 0 radical (unpaired) electrons. The van der Waals surface area contributed by atoms with Crippen LogP contribution in [0.15, 0.2) is 45.7 Å². The van der Waals surface area contributed by atoms with E-state index in [2.05, 4.69) is 15.4 Å². The third-order valence-corrected chi connectivity index (χ3v) is 4.41. The number of esters is 1. The monoisotopic (exact) mass is 416 g/mol. The van der Waals surface area contributed by atoms with E-state index in [1.165, 1.54) is 37.4 Å². The van der Waals surface area contributed by atoms with Crippen molar-refractivity contribution in [2.24, 2.45) is 0 Å². The zero-order valence-electron chi connectivity index (χ0n) is 15.3. The first-order chi connectivity index (χ1) is 13.0. The van der Waals surface area contributed by atoms with Gasteiger partial charge >= 0.3 is 11.5 Å². The predicted octanol–water partition coefficient (Wildman–Crippen LogP) is 4.19. The van der Waals surface area contributed by atoms with E-state index in [0.29, 0.717) is 11.4 Å². The van der Waals surface area contributed by atoms with Gasteiger partial charge in [0.25, 0.3) is 0 Å². The number of ether oxygens (including phenoxy) is 1. The number of furan rings is 1. The van der Waals surface area contributed by atoms with Crippen LogP contribution in [-0.2, 0) is 16.1 Å². The summed E-state index contributed by atoms with van der Waals surface area (Å²) in [6, 6.07) is 8.42. The number of hydrogen-bond acceptors (Lipinski definition) is 6. The number of carbonyl (C=O) groups excluding carboxylic acids is 2. The first-order valence-electron chi connectivity index (χ1n) is 8.09. The van der Waals surface area contributed by atoms with Gasteiger partial charge in [-0.25, -0.2) is 4.79 Å². The lowest BCUT2D eigenvalue weighted by Crippen LogP contribution is -2.49. The second-order valence-electron chi connectivity index (χ2n) is 6.26. The van der Waals surface area contributed by atoms with Crippen LogP contribution in [0.5, 0.6) is 0 Å². The molecule has 0 atom stereocenters. The van der Waals surface area contributed by atoms with Gasteiger partial charge in [-0.1, -0.05) is 0 Å². The molecule has 1 aromatic carbocycles. The maximum absolute atomic E-state index is 12.5. The first kappa shape index (κ1) is 21.8. The normalized spacial score (nSPS) is 11.9. The van der Waals surface area contributed by atoms with Crippen molar-refractivity contribution in [1.82, 2.24) is 5.32 Å². The Morgan fingerprint density at radius 2 is 1.75 bits per heavy atom. The Bertz CT molecular complexity index is 832. The Morgan fingerprint density at radius 3 is 2.32 bits per heavy atom. The molecule has 0 aliphatic heterocycles. The smallest absolute Gasteiger partial charge is 0.446 e. The van der Waals surface area contributed by atoms with E-state index in [9.17, 15) is 22.8 Å². The fourth-order valence-electron chi connectivity index (χ4n) is 2.10. The number of amides is 1. The highest BCUT2D eigenvalue weighted by Gasteiger charge is 2.30. The lowest BCUT2D eigenvalue weighted by molar-refractivity contribution is -0.121. The summed E-state index contributed by atoms with van der Waals surface area (Å²) in [5.41, 5.74) is -5.01. The summed E-state index contributed by atoms with van der Waals surface area (Å²) in [5, 5.41) is 5.64. The molecular formula is C18H19F3N2O4S. The summed E-state index contributed by atoms with van der Waals surface area (Å²) in [7, 11) is 1.24. The molecule has 152 valence electrons. The zero-order valence-corrected chi connectivity index (χ0v) is 16.2. The number of rotatable bonds is 7. The molecule has 6 nitrogen and oxygen atoms in total. The minimum absolute atomic E-state index is 0.0297. The molecule has 0 saturated heterocycles. The van der Waals surface area contributed by atoms with Crippen molar-refractivity contribution in [2.75, 3.05) is 12.4 Å². The highest BCUT2D eigenvalue weighted by molar-refractivity contribution is 8.00. The number of methoxy groups -OCH3 is 1. The molecule has 2 aromatic rings. The molecule has 1 heterocycles.